The fourth-order valence-electron chi connectivity index (χ4n) is 1.57. The van der Waals surface area contributed by atoms with E-state index in [1.165, 1.54) is 0 Å². The molecule has 0 unspecified atom stereocenters. The van der Waals surface area contributed by atoms with E-state index in [1.807, 2.05) is 30.3 Å². The summed E-state index contributed by atoms with van der Waals surface area (Å²) < 4.78 is 20.5. The molecule has 0 aliphatic heterocycles. The average molecular weight is 325 g/mol. The molecule has 0 saturated heterocycles. The van der Waals surface area contributed by atoms with Crippen molar-refractivity contribution in [2.24, 2.45) is 0 Å². The van der Waals surface area contributed by atoms with Crippen LogP contribution >= 0.6 is 0 Å². The van der Waals surface area contributed by atoms with E-state index in [2.05, 4.69) is 5.32 Å². The lowest BCUT2D eigenvalue weighted by molar-refractivity contribution is -0.112. The third-order valence-electron chi connectivity index (χ3n) is 2.66. The number of nitrogens with one attached hydrogen (secondary N) is 1. The van der Waals surface area contributed by atoms with E-state index in [-0.39, 0.29) is 13.2 Å². The quantitative estimate of drug-likeness (QED) is 0.433. The van der Waals surface area contributed by atoms with Crippen molar-refractivity contribution in [2.75, 3.05) is 46.2 Å². The normalized spacial score (nSPS) is 10.3. The van der Waals surface area contributed by atoms with Crippen LogP contribution in [0.4, 0.5) is 4.79 Å². The SMILES string of the molecule is O=CCOCCOCCOCCNC(=O)OCc1ccccc1. The van der Waals surface area contributed by atoms with Gasteiger partial charge in [-0.2, -0.15) is 0 Å². The van der Waals surface area contributed by atoms with E-state index >= 15 is 0 Å². The molecular formula is C16H23NO6. The molecule has 7 nitrogen and oxygen atoms in total. The maximum atomic E-state index is 11.4. The summed E-state index contributed by atoms with van der Waals surface area (Å²) >= 11 is 0. The van der Waals surface area contributed by atoms with E-state index in [9.17, 15) is 9.59 Å². The molecule has 0 heterocycles. The first kappa shape index (κ1) is 19.1. The number of carbonyl (C=O) groups excluding carboxylic acids is 2. The number of ether oxygens (including phenoxy) is 4. The Morgan fingerprint density at radius 1 is 0.957 bits per heavy atom. The van der Waals surface area contributed by atoms with Gasteiger partial charge in [0.1, 0.15) is 19.5 Å². The van der Waals surface area contributed by atoms with Crippen LogP contribution in [-0.2, 0) is 30.3 Å². The zero-order valence-electron chi connectivity index (χ0n) is 13.1. The monoisotopic (exact) mass is 325 g/mol. The van der Waals surface area contributed by atoms with Gasteiger partial charge >= 0.3 is 6.09 Å². The van der Waals surface area contributed by atoms with E-state index in [1.54, 1.807) is 0 Å². The first-order valence-electron chi connectivity index (χ1n) is 7.44. The number of carbonyl (C=O) groups is 2. The lowest BCUT2D eigenvalue weighted by Gasteiger charge is -2.08. The first-order valence-corrected chi connectivity index (χ1v) is 7.44. The van der Waals surface area contributed by atoms with Gasteiger partial charge in [-0.25, -0.2) is 4.79 Å². The minimum absolute atomic E-state index is 0.0892. The third-order valence-corrected chi connectivity index (χ3v) is 2.66. The summed E-state index contributed by atoms with van der Waals surface area (Å²) in [5, 5.41) is 2.60. The molecule has 0 saturated carbocycles. The van der Waals surface area contributed by atoms with Crippen LogP contribution in [0.3, 0.4) is 0 Å². The standard InChI is InChI=1S/C16H23NO6/c18-7-9-21-11-13-22-12-10-20-8-6-17-16(19)23-14-15-4-2-1-3-5-15/h1-5,7H,6,8-14H2,(H,17,19). The predicted molar refractivity (Wildman–Crippen MR) is 83.2 cm³/mol. The van der Waals surface area contributed by atoms with Crippen molar-refractivity contribution in [1.29, 1.82) is 0 Å². The third kappa shape index (κ3) is 11.3. The van der Waals surface area contributed by atoms with Crippen LogP contribution in [0.5, 0.6) is 0 Å². The fourth-order valence-corrected chi connectivity index (χ4v) is 1.57. The molecular weight excluding hydrogens is 302 g/mol. The van der Waals surface area contributed by atoms with Crippen molar-refractivity contribution < 1.29 is 28.5 Å². The Labute approximate surface area is 135 Å². The Kier molecular flexibility index (Phi) is 11.4. The lowest BCUT2D eigenvalue weighted by atomic mass is 10.2. The van der Waals surface area contributed by atoms with Crippen molar-refractivity contribution in [1.82, 2.24) is 5.32 Å². The molecule has 23 heavy (non-hydrogen) atoms. The van der Waals surface area contributed by atoms with Gasteiger partial charge in [-0.3, -0.25) is 0 Å². The number of aldehydes is 1. The van der Waals surface area contributed by atoms with Crippen LogP contribution in [0.15, 0.2) is 30.3 Å². The molecule has 0 aromatic heterocycles. The van der Waals surface area contributed by atoms with Crippen LogP contribution in [0.25, 0.3) is 0 Å². The number of rotatable bonds is 13. The van der Waals surface area contributed by atoms with Crippen molar-refractivity contribution in [3.05, 3.63) is 35.9 Å². The molecule has 0 aliphatic carbocycles. The summed E-state index contributed by atoms with van der Waals surface area (Å²) in [4.78, 5) is 21.4. The Morgan fingerprint density at radius 2 is 1.61 bits per heavy atom. The van der Waals surface area contributed by atoms with Crippen LogP contribution in [0.2, 0.25) is 0 Å². The second-order valence-corrected chi connectivity index (χ2v) is 4.45. The van der Waals surface area contributed by atoms with Gasteiger partial charge in [0.05, 0.1) is 33.0 Å². The van der Waals surface area contributed by atoms with E-state index < -0.39 is 6.09 Å². The Morgan fingerprint density at radius 3 is 2.30 bits per heavy atom. The molecule has 1 N–H and O–H groups in total. The van der Waals surface area contributed by atoms with Crippen molar-refractivity contribution in [3.63, 3.8) is 0 Å². The van der Waals surface area contributed by atoms with Gasteiger partial charge in [0.15, 0.2) is 0 Å². The number of hydrogen-bond acceptors (Lipinski definition) is 6. The van der Waals surface area contributed by atoms with Gasteiger partial charge in [-0.15, -0.1) is 0 Å². The van der Waals surface area contributed by atoms with E-state index in [0.29, 0.717) is 45.9 Å². The molecule has 1 aromatic rings. The van der Waals surface area contributed by atoms with Gasteiger partial charge in [-0.05, 0) is 5.56 Å². The van der Waals surface area contributed by atoms with Crippen LogP contribution in [-0.4, -0.2) is 58.6 Å². The van der Waals surface area contributed by atoms with Gasteiger partial charge < -0.3 is 29.1 Å². The van der Waals surface area contributed by atoms with Gasteiger partial charge in [-0.1, -0.05) is 30.3 Å². The minimum atomic E-state index is -0.471. The highest BCUT2D eigenvalue weighted by Crippen LogP contribution is 2.00. The highest BCUT2D eigenvalue weighted by molar-refractivity contribution is 5.67. The topological polar surface area (TPSA) is 83.1 Å². The Bertz CT molecular complexity index is 426. The summed E-state index contributed by atoms with van der Waals surface area (Å²) in [6.07, 6.45) is 0.224. The summed E-state index contributed by atoms with van der Waals surface area (Å²) in [5.74, 6) is 0. The number of hydrogen-bond donors (Lipinski definition) is 1. The molecule has 128 valence electrons. The Hall–Kier alpha value is -1.96. The van der Waals surface area contributed by atoms with Crippen LogP contribution in [0.1, 0.15) is 5.56 Å². The molecule has 0 radical (unpaired) electrons. The molecule has 1 rings (SSSR count). The molecule has 0 bridgehead atoms. The first-order chi connectivity index (χ1) is 11.3. The predicted octanol–water partition coefficient (Wildman–Crippen LogP) is 1.16. The molecule has 0 aliphatic rings. The zero-order valence-corrected chi connectivity index (χ0v) is 13.1. The lowest BCUT2D eigenvalue weighted by Crippen LogP contribution is -2.28. The van der Waals surface area contributed by atoms with Gasteiger partial charge in [0.2, 0.25) is 0 Å². The van der Waals surface area contributed by atoms with E-state index in [0.717, 1.165) is 5.56 Å². The van der Waals surface area contributed by atoms with Crippen molar-refractivity contribution >= 4 is 12.4 Å². The van der Waals surface area contributed by atoms with E-state index in [4.69, 9.17) is 18.9 Å². The number of alkyl carbamates (subject to hydrolysis) is 1. The highest BCUT2D eigenvalue weighted by atomic mass is 16.6. The largest absolute Gasteiger partial charge is 0.445 e. The zero-order chi connectivity index (χ0) is 16.6. The number of amides is 1. The maximum Gasteiger partial charge on any atom is 0.407 e. The Balaban J connectivity index is 1.85. The van der Waals surface area contributed by atoms with Crippen LogP contribution < -0.4 is 5.32 Å². The second kappa shape index (κ2) is 13.7. The molecule has 0 spiro atoms. The van der Waals surface area contributed by atoms with Gasteiger partial charge in [0.25, 0.3) is 0 Å². The smallest absolute Gasteiger partial charge is 0.407 e. The summed E-state index contributed by atoms with van der Waals surface area (Å²) in [7, 11) is 0. The second-order valence-electron chi connectivity index (χ2n) is 4.45. The fraction of sp³-hybridized carbons (Fsp3) is 0.500. The molecule has 0 fully saturated rings. The van der Waals surface area contributed by atoms with Crippen molar-refractivity contribution in [2.45, 2.75) is 6.61 Å². The summed E-state index contributed by atoms with van der Waals surface area (Å²) in [6.45, 7) is 2.74. The maximum absolute atomic E-state index is 11.4. The average Bonchev–Trinajstić information content (AvgIpc) is 2.59. The number of benzene rings is 1. The molecule has 1 amide bonds. The summed E-state index contributed by atoms with van der Waals surface area (Å²) in [6, 6.07) is 9.46. The molecule has 1 aromatic carbocycles. The molecule has 7 heteroatoms. The van der Waals surface area contributed by atoms with Crippen molar-refractivity contribution in [3.8, 4) is 0 Å². The molecule has 0 atom stereocenters. The van der Waals surface area contributed by atoms with Crippen LogP contribution in [0, 0.1) is 0 Å². The summed E-state index contributed by atoms with van der Waals surface area (Å²) in [5.41, 5.74) is 0.938. The van der Waals surface area contributed by atoms with Gasteiger partial charge in [0, 0.05) is 6.54 Å². The minimum Gasteiger partial charge on any atom is -0.445 e. The highest BCUT2D eigenvalue weighted by Gasteiger charge is 2.01.